The molecule has 2 nitrogen and oxygen atoms in total. The quantitative estimate of drug-likeness (QED) is 0.794. The minimum Gasteiger partial charge on any atom is -0.374 e. The Morgan fingerprint density at radius 2 is 2.19 bits per heavy atom. The maximum Gasteiger partial charge on any atom is 0.0779 e. The molecule has 94 valence electrons. The van der Waals surface area contributed by atoms with Crippen molar-refractivity contribution in [3.05, 3.63) is 0 Å². The standard InChI is InChI=1S/C14H27NO/c1-12-5-3-6-13(9-12)10-15-11-14(2)7-4-8-16-14/h12-13,15H,3-11H2,1-2H3. The van der Waals surface area contributed by atoms with Crippen molar-refractivity contribution in [1.82, 2.24) is 5.32 Å². The molecule has 2 aliphatic rings. The van der Waals surface area contributed by atoms with Crippen LogP contribution in [-0.4, -0.2) is 25.3 Å². The Labute approximate surface area is 100 Å². The maximum atomic E-state index is 5.79. The van der Waals surface area contributed by atoms with Gasteiger partial charge in [0.1, 0.15) is 0 Å². The molecule has 1 aliphatic carbocycles. The monoisotopic (exact) mass is 225 g/mol. The zero-order valence-corrected chi connectivity index (χ0v) is 10.9. The summed E-state index contributed by atoms with van der Waals surface area (Å²) in [5.41, 5.74) is 0.125. The molecule has 0 radical (unpaired) electrons. The molecule has 1 saturated carbocycles. The van der Waals surface area contributed by atoms with Gasteiger partial charge in [0.05, 0.1) is 5.60 Å². The number of hydrogen-bond donors (Lipinski definition) is 1. The molecule has 2 heteroatoms. The van der Waals surface area contributed by atoms with Gasteiger partial charge < -0.3 is 10.1 Å². The highest BCUT2D eigenvalue weighted by molar-refractivity contribution is 4.83. The van der Waals surface area contributed by atoms with E-state index in [1.807, 2.05) is 0 Å². The predicted octanol–water partition coefficient (Wildman–Crippen LogP) is 2.97. The highest BCUT2D eigenvalue weighted by Gasteiger charge is 2.29. The molecular formula is C14H27NO. The highest BCUT2D eigenvalue weighted by Crippen LogP contribution is 2.28. The number of ether oxygens (including phenoxy) is 1. The maximum absolute atomic E-state index is 5.79. The van der Waals surface area contributed by atoms with Crippen LogP contribution >= 0.6 is 0 Å². The second-order valence-corrected chi connectivity index (χ2v) is 6.17. The van der Waals surface area contributed by atoms with Crippen LogP contribution in [0.2, 0.25) is 0 Å². The third-order valence-corrected chi connectivity index (χ3v) is 4.28. The summed E-state index contributed by atoms with van der Waals surface area (Å²) in [4.78, 5) is 0. The summed E-state index contributed by atoms with van der Waals surface area (Å²) in [5, 5.41) is 3.63. The Balaban J connectivity index is 1.63. The Morgan fingerprint density at radius 1 is 1.31 bits per heavy atom. The number of hydrogen-bond acceptors (Lipinski definition) is 2. The summed E-state index contributed by atoms with van der Waals surface area (Å²) >= 11 is 0. The lowest BCUT2D eigenvalue weighted by Crippen LogP contribution is -2.39. The van der Waals surface area contributed by atoms with E-state index in [-0.39, 0.29) is 5.60 Å². The Kier molecular flexibility index (Phi) is 4.26. The van der Waals surface area contributed by atoms with Gasteiger partial charge in [-0.2, -0.15) is 0 Å². The van der Waals surface area contributed by atoms with Gasteiger partial charge in [-0.25, -0.2) is 0 Å². The van der Waals surface area contributed by atoms with Crippen LogP contribution in [0.1, 0.15) is 52.4 Å². The molecule has 16 heavy (non-hydrogen) atoms. The van der Waals surface area contributed by atoms with Gasteiger partial charge in [0.15, 0.2) is 0 Å². The lowest BCUT2D eigenvalue weighted by molar-refractivity contribution is 0.0198. The normalized spacial score (nSPS) is 40.1. The lowest BCUT2D eigenvalue weighted by atomic mass is 9.82. The molecule has 1 heterocycles. The van der Waals surface area contributed by atoms with Gasteiger partial charge in [-0.15, -0.1) is 0 Å². The summed E-state index contributed by atoms with van der Waals surface area (Å²) in [7, 11) is 0. The van der Waals surface area contributed by atoms with Crippen molar-refractivity contribution in [3.63, 3.8) is 0 Å². The van der Waals surface area contributed by atoms with Gasteiger partial charge in [-0.1, -0.05) is 19.8 Å². The third-order valence-electron chi connectivity index (χ3n) is 4.28. The van der Waals surface area contributed by atoms with Crippen LogP contribution in [0.15, 0.2) is 0 Å². The summed E-state index contributed by atoms with van der Waals surface area (Å²) in [5.74, 6) is 1.85. The first kappa shape index (κ1) is 12.4. The van der Waals surface area contributed by atoms with E-state index >= 15 is 0 Å². The first-order chi connectivity index (χ1) is 7.68. The Bertz CT molecular complexity index is 211. The predicted molar refractivity (Wildman–Crippen MR) is 67.6 cm³/mol. The topological polar surface area (TPSA) is 21.3 Å². The molecule has 2 fully saturated rings. The molecule has 3 atom stereocenters. The Morgan fingerprint density at radius 3 is 2.88 bits per heavy atom. The molecule has 1 aliphatic heterocycles. The number of nitrogens with one attached hydrogen (secondary N) is 1. The summed E-state index contributed by atoms with van der Waals surface area (Å²) < 4.78 is 5.79. The van der Waals surface area contributed by atoms with Crippen LogP contribution in [0.4, 0.5) is 0 Å². The minimum absolute atomic E-state index is 0.125. The molecule has 0 spiro atoms. The molecule has 0 amide bonds. The van der Waals surface area contributed by atoms with E-state index in [1.165, 1.54) is 45.1 Å². The van der Waals surface area contributed by atoms with E-state index in [0.29, 0.717) is 0 Å². The van der Waals surface area contributed by atoms with Gasteiger partial charge in [0.2, 0.25) is 0 Å². The average molecular weight is 225 g/mol. The average Bonchev–Trinajstić information content (AvgIpc) is 2.65. The summed E-state index contributed by atoms with van der Waals surface area (Å²) in [6.45, 7) is 7.84. The molecule has 3 unspecified atom stereocenters. The fourth-order valence-electron chi connectivity index (χ4n) is 3.26. The molecule has 0 aromatic heterocycles. The molecule has 0 aromatic carbocycles. The first-order valence-corrected chi connectivity index (χ1v) is 7.03. The smallest absolute Gasteiger partial charge is 0.0779 e. The first-order valence-electron chi connectivity index (χ1n) is 7.03. The SMILES string of the molecule is CC1CCCC(CNCC2(C)CCCO2)C1. The van der Waals surface area contributed by atoms with Crippen molar-refractivity contribution in [2.45, 2.75) is 58.0 Å². The fraction of sp³-hybridized carbons (Fsp3) is 1.00. The van der Waals surface area contributed by atoms with Gasteiger partial charge in [-0.3, -0.25) is 0 Å². The summed E-state index contributed by atoms with van der Waals surface area (Å²) in [6.07, 6.45) is 8.18. The fourth-order valence-corrected chi connectivity index (χ4v) is 3.26. The van der Waals surface area contributed by atoms with Gasteiger partial charge in [0.25, 0.3) is 0 Å². The molecule has 0 bridgehead atoms. The van der Waals surface area contributed by atoms with Crippen molar-refractivity contribution in [2.75, 3.05) is 19.7 Å². The van der Waals surface area contributed by atoms with Gasteiger partial charge in [-0.05, 0) is 51.0 Å². The van der Waals surface area contributed by atoms with Crippen LogP contribution in [0, 0.1) is 11.8 Å². The molecule has 1 N–H and O–H groups in total. The zero-order valence-electron chi connectivity index (χ0n) is 10.9. The third kappa shape index (κ3) is 3.46. The summed E-state index contributed by atoms with van der Waals surface area (Å²) in [6, 6.07) is 0. The minimum atomic E-state index is 0.125. The largest absolute Gasteiger partial charge is 0.374 e. The second kappa shape index (κ2) is 5.50. The molecule has 1 saturated heterocycles. The van der Waals surface area contributed by atoms with E-state index in [2.05, 4.69) is 19.2 Å². The van der Waals surface area contributed by atoms with E-state index in [1.54, 1.807) is 0 Å². The van der Waals surface area contributed by atoms with Crippen molar-refractivity contribution in [3.8, 4) is 0 Å². The van der Waals surface area contributed by atoms with Gasteiger partial charge >= 0.3 is 0 Å². The second-order valence-electron chi connectivity index (χ2n) is 6.17. The Hall–Kier alpha value is -0.0800. The zero-order chi connectivity index (χ0) is 11.4. The van der Waals surface area contributed by atoms with Crippen molar-refractivity contribution in [1.29, 1.82) is 0 Å². The van der Waals surface area contributed by atoms with Gasteiger partial charge in [0, 0.05) is 13.2 Å². The van der Waals surface area contributed by atoms with Crippen LogP contribution in [0.25, 0.3) is 0 Å². The van der Waals surface area contributed by atoms with Crippen molar-refractivity contribution < 1.29 is 4.74 Å². The van der Waals surface area contributed by atoms with Crippen molar-refractivity contribution >= 4 is 0 Å². The van der Waals surface area contributed by atoms with Crippen LogP contribution < -0.4 is 5.32 Å². The molecule has 0 aromatic rings. The highest BCUT2D eigenvalue weighted by atomic mass is 16.5. The molecular weight excluding hydrogens is 198 g/mol. The van der Waals surface area contributed by atoms with E-state index in [4.69, 9.17) is 4.74 Å². The van der Waals surface area contributed by atoms with E-state index in [9.17, 15) is 0 Å². The lowest BCUT2D eigenvalue weighted by Gasteiger charge is -2.29. The van der Waals surface area contributed by atoms with E-state index < -0.39 is 0 Å². The van der Waals surface area contributed by atoms with Crippen LogP contribution in [0.5, 0.6) is 0 Å². The van der Waals surface area contributed by atoms with Crippen LogP contribution in [0.3, 0.4) is 0 Å². The van der Waals surface area contributed by atoms with E-state index in [0.717, 1.165) is 25.0 Å². The van der Waals surface area contributed by atoms with Crippen LogP contribution in [-0.2, 0) is 4.74 Å². The van der Waals surface area contributed by atoms with Crippen molar-refractivity contribution in [2.24, 2.45) is 11.8 Å². The molecule has 2 rings (SSSR count). The number of rotatable bonds is 4.